The Balaban J connectivity index is 1.77. The number of allylic oxidation sites excluding steroid dienone is 1. The number of fused-ring (bicyclic) bond motifs is 1. The number of halogens is 1. The normalized spacial score (nSPS) is 16.6. The molecule has 0 bridgehead atoms. The van der Waals surface area contributed by atoms with E-state index in [1.54, 1.807) is 4.57 Å². The highest BCUT2D eigenvalue weighted by molar-refractivity contribution is 5.98. The average Bonchev–Trinajstić information content (AvgIpc) is 3.17. The number of aromatic nitrogens is 1. The van der Waals surface area contributed by atoms with Gasteiger partial charge in [0, 0.05) is 17.4 Å². The Morgan fingerprint density at radius 3 is 3.00 bits per heavy atom. The van der Waals surface area contributed by atoms with Crippen LogP contribution in [-0.2, 0) is 6.42 Å². The number of carbonyl (C=O) groups is 1. The van der Waals surface area contributed by atoms with Crippen LogP contribution in [-0.4, -0.2) is 22.2 Å². The van der Waals surface area contributed by atoms with Gasteiger partial charge in [0.2, 0.25) is 5.43 Å². The fourth-order valence-corrected chi connectivity index (χ4v) is 4.03. The number of nitrogens with zero attached hydrogens (tertiary/aromatic N) is 1. The molecule has 29 heavy (non-hydrogen) atoms. The molecule has 2 aliphatic rings. The molecule has 3 aromatic rings. The molecule has 0 radical (unpaired) electrons. The van der Waals surface area contributed by atoms with Gasteiger partial charge < -0.3 is 19.7 Å². The van der Waals surface area contributed by atoms with Crippen molar-refractivity contribution in [3.8, 4) is 5.75 Å². The molecule has 7 heteroatoms. The van der Waals surface area contributed by atoms with Crippen LogP contribution in [0.2, 0.25) is 0 Å². The minimum absolute atomic E-state index is 0.00677. The Morgan fingerprint density at radius 1 is 1.38 bits per heavy atom. The van der Waals surface area contributed by atoms with Gasteiger partial charge in [-0.3, -0.25) is 4.79 Å². The molecule has 0 unspecified atom stereocenters. The fourth-order valence-electron chi connectivity index (χ4n) is 4.03. The van der Waals surface area contributed by atoms with Crippen LogP contribution in [0, 0.1) is 5.82 Å². The van der Waals surface area contributed by atoms with Gasteiger partial charge in [-0.25, -0.2) is 9.18 Å². The van der Waals surface area contributed by atoms with E-state index in [4.69, 9.17) is 4.74 Å². The number of nitrogens with one attached hydrogen (secondary N) is 1. The van der Waals surface area contributed by atoms with Crippen molar-refractivity contribution >= 4 is 34.3 Å². The number of benzene rings is 2. The van der Waals surface area contributed by atoms with Crippen molar-refractivity contribution in [1.82, 2.24) is 4.57 Å². The number of aromatic carboxylic acids is 1. The number of anilines is 2. The molecule has 5 rings (SSSR count). The molecule has 2 aromatic carbocycles. The van der Waals surface area contributed by atoms with Gasteiger partial charge >= 0.3 is 5.97 Å². The number of pyridine rings is 1. The number of carboxylic acids is 1. The first-order valence-corrected chi connectivity index (χ1v) is 9.28. The van der Waals surface area contributed by atoms with Crippen LogP contribution in [0.1, 0.15) is 34.5 Å². The lowest BCUT2D eigenvalue weighted by Crippen LogP contribution is -2.27. The third kappa shape index (κ3) is 2.54. The van der Waals surface area contributed by atoms with Crippen molar-refractivity contribution in [2.45, 2.75) is 19.4 Å². The Labute approximate surface area is 164 Å². The van der Waals surface area contributed by atoms with Crippen LogP contribution in [0.25, 0.3) is 17.0 Å². The maximum Gasteiger partial charge on any atom is 0.341 e. The number of rotatable bonds is 3. The summed E-state index contributed by atoms with van der Waals surface area (Å²) >= 11 is 0. The summed E-state index contributed by atoms with van der Waals surface area (Å²) in [6, 6.07) is 6.66. The predicted molar refractivity (Wildman–Crippen MR) is 108 cm³/mol. The van der Waals surface area contributed by atoms with Crippen molar-refractivity contribution in [3.63, 3.8) is 0 Å². The van der Waals surface area contributed by atoms with Gasteiger partial charge in [0.05, 0.1) is 16.9 Å². The Hall–Kier alpha value is -3.61. The first kappa shape index (κ1) is 17.5. The van der Waals surface area contributed by atoms with E-state index in [-0.39, 0.29) is 35.0 Å². The topological polar surface area (TPSA) is 80.6 Å². The van der Waals surface area contributed by atoms with E-state index in [0.717, 1.165) is 29.3 Å². The molecule has 146 valence electrons. The second-order valence-electron chi connectivity index (χ2n) is 7.31. The van der Waals surface area contributed by atoms with Gasteiger partial charge in [0.25, 0.3) is 0 Å². The minimum atomic E-state index is -1.34. The summed E-state index contributed by atoms with van der Waals surface area (Å²) < 4.78 is 22.6. The average molecular weight is 392 g/mol. The van der Waals surface area contributed by atoms with E-state index in [1.807, 2.05) is 37.3 Å². The molecule has 0 saturated heterocycles. The first-order valence-electron chi connectivity index (χ1n) is 9.28. The Kier molecular flexibility index (Phi) is 3.74. The summed E-state index contributed by atoms with van der Waals surface area (Å²) in [5.74, 6) is -1.80. The van der Waals surface area contributed by atoms with Gasteiger partial charge in [-0.05, 0) is 31.0 Å². The Bertz CT molecular complexity index is 1290. The summed E-state index contributed by atoms with van der Waals surface area (Å²) in [7, 11) is 0. The van der Waals surface area contributed by atoms with Crippen LogP contribution in [0.5, 0.6) is 5.75 Å². The predicted octanol–water partition coefficient (Wildman–Crippen LogP) is 4.11. The minimum Gasteiger partial charge on any atom is -0.487 e. The van der Waals surface area contributed by atoms with Crippen molar-refractivity contribution < 1.29 is 19.0 Å². The van der Waals surface area contributed by atoms with Crippen molar-refractivity contribution in [3.05, 3.63) is 69.3 Å². The van der Waals surface area contributed by atoms with E-state index in [0.29, 0.717) is 5.52 Å². The third-order valence-electron chi connectivity index (χ3n) is 5.48. The van der Waals surface area contributed by atoms with E-state index in [9.17, 15) is 14.7 Å². The van der Waals surface area contributed by atoms with E-state index < -0.39 is 17.2 Å². The number of hydrogen-bond donors (Lipinski definition) is 2. The molecule has 2 N–H and O–H groups in total. The zero-order valence-electron chi connectivity index (χ0n) is 15.5. The molecule has 1 atom stereocenters. The molecule has 2 heterocycles. The van der Waals surface area contributed by atoms with Crippen LogP contribution in [0.3, 0.4) is 0 Å². The lowest BCUT2D eigenvalue weighted by Gasteiger charge is -2.29. The summed E-state index contributed by atoms with van der Waals surface area (Å²) in [4.78, 5) is 24.1. The first-order chi connectivity index (χ1) is 14.0. The molecule has 0 fully saturated rings. The van der Waals surface area contributed by atoms with Gasteiger partial charge in [0.1, 0.15) is 17.9 Å². The molecule has 0 saturated carbocycles. The molecule has 6 nitrogen and oxygen atoms in total. The molecule has 0 spiro atoms. The summed E-state index contributed by atoms with van der Waals surface area (Å²) in [6.07, 6.45) is 6.16. The highest BCUT2D eigenvalue weighted by Gasteiger charge is 2.28. The molecular weight excluding hydrogens is 375 g/mol. The SMILES string of the molecule is C[C@H]1COc2c(Nc3cccc4c3C=CC4)c(F)cc3c(=O)c(C(=O)O)cn1c23. The lowest BCUT2D eigenvalue weighted by atomic mass is 10.0. The molecule has 1 aliphatic heterocycles. The van der Waals surface area contributed by atoms with Crippen molar-refractivity contribution in [2.24, 2.45) is 0 Å². The van der Waals surface area contributed by atoms with Crippen LogP contribution in [0.4, 0.5) is 15.8 Å². The highest BCUT2D eigenvalue weighted by Crippen LogP contribution is 2.42. The second kappa shape index (κ2) is 6.20. The standard InChI is InChI=1S/C22H17FN2O4/c1-11-10-29-21-18(24-17-7-3-5-12-4-2-6-13(12)17)16(23)8-14-19(21)25(11)9-15(20(14)26)22(27)28/h2-3,5-9,11,24H,4,10H2,1H3,(H,27,28)/t11-/m0/s1. The fraction of sp³-hybridized carbons (Fsp3) is 0.182. The number of ether oxygens (including phenoxy) is 1. The lowest BCUT2D eigenvalue weighted by molar-refractivity contribution is 0.0694. The zero-order chi connectivity index (χ0) is 20.3. The molecular formula is C22H17FN2O4. The zero-order valence-corrected chi connectivity index (χ0v) is 15.5. The van der Waals surface area contributed by atoms with E-state index in [1.165, 1.54) is 6.20 Å². The summed E-state index contributed by atoms with van der Waals surface area (Å²) in [5, 5.41) is 12.5. The van der Waals surface area contributed by atoms with Crippen molar-refractivity contribution in [2.75, 3.05) is 11.9 Å². The molecule has 0 amide bonds. The van der Waals surface area contributed by atoms with Gasteiger partial charge in [-0.15, -0.1) is 0 Å². The van der Waals surface area contributed by atoms with Gasteiger partial charge in [-0.2, -0.15) is 0 Å². The Morgan fingerprint density at radius 2 is 2.21 bits per heavy atom. The van der Waals surface area contributed by atoms with Crippen LogP contribution < -0.4 is 15.5 Å². The van der Waals surface area contributed by atoms with Crippen molar-refractivity contribution in [1.29, 1.82) is 0 Å². The van der Waals surface area contributed by atoms with Crippen LogP contribution in [0.15, 0.2) is 41.3 Å². The number of carboxylic acid groups (broad SMARTS) is 1. The smallest absolute Gasteiger partial charge is 0.341 e. The third-order valence-corrected chi connectivity index (χ3v) is 5.48. The monoisotopic (exact) mass is 392 g/mol. The quantitative estimate of drug-likeness (QED) is 0.701. The molecule has 1 aromatic heterocycles. The van der Waals surface area contributed by atoms with Gasteiger partial charge in [-0.1, -0.05) is 24.3 Å². The largest absolute Gasteiger partial charge is 0.487 e. The highest BCUT2D eigenvalue weighted by atomic mass is 19.1. The summed E-state index contributed by atoms with van der Waals surface area (Å²) in [6.45, 7) is 2.08. The van der Waals surface area contributed by atoms with Crippen LogP contribution >= 0.6 is 0 Å². The summed E-state index contributed by atoms with van der Waals surface area (Å²) in [5.41, 5.74) is 2.29. The van der Waals surface area contributed by atoms with E-state index >= 15 is 4.39 Å². The second-order valence-corrected chi connectivity index (χ2v) is 7.31. The maximum atomic E-state index is 15.1. The number of hydrogen-bond acceptors (Lipinski definition) is 4. The maximum absolute atomic E-state index is 15.1. The van der Waals surface area contributed by atoms with E-state index in [2.05, 4.69) is 5.32 Å². The molecule has 1 aliphatic carbocycles. The van der Waals surface area contributed by atoms with Gasteiger partial charge in [0.15, 0.2) is 11.6 Å².